The van der Waals surface area contributed by atoms with Gasteiger partial charge in [-0.25, -0.2) is 9.78 Å². The summed E-state index contributed by atoms with van der Waals surface area (Å²) in [5.41, 5.74) is 4.81. The van der Waals surface area contributed by atoms with Crippen molar-refractivity contribution < 1.29 is 9.53 Å². The first kappa shape index (κ1) is 11.6. The van der Waals surface area contributed by atoms with Crippen LogP contribution in [0.1, 0.15) is 31.4 Å². The Morgan fingerprint density at radius 2 is 2.27 bits per heavy atom. The summed E-state index contributed by atoms with van der Waals surface area (Å²) in [5.74, 6) is -0.448. The van der Waals surface area contributed by atoms with E-state index >= 15 is 0 Å². The third kappa shape index (κ3) is 3.67. The van der Waals surface area contributed by atoms with Crippen molar-refractivity contribution in [3.05, 3.63) is 12.2 Å². The first-order chi connectivity index (χ1) is 6.92. The predicted octanol–water partition coefficient (Wildman–Crippen LogP) is 0.192. The van der Waals surface area contributed by atoms with E-state index in [0.29, 0.717) is 13.1 Å². The van der Waals surface area contributed by atoms with Gasteiger partial charge in [-0.05, 0) is 20.8 Å². The van der Waals surface area contributed by atoms with Crippen LogP contribution in [-0.4, -0.2) is 32.9 Å². The zero-order valence-corrected chi connectivity index (χ0v) is 9.23. The van der Waals surface area contributed by atoms with Gasteiger partial charge in [-0.3, -0.25) is 4.68 Å². The van der Waals surface area contributed by atoms with Crippen LogP contribution in [0.4, 0.5) is 0 Å². The minimum Gasteiger partial charge on any atom is -0.454 e. The van der Waals surface area contributed by atoms with Gasteiger partial charge >= 0.3 is 5.97 Å². The minimum atomic E-state index is -0.531. The average molecular weight is 212 g/mol. The highest BCUT2D eigenvalue weighted by atomic mass is 16.6. The molecule has 0 aromatic carbocycles. The average Bonchev–Trinajstić information content (AvgIpc) is 2.50. The van der Waals surface area contributed by atoms with Gasteiger partial charge in [-0.15, -0.1) is 5.10 Å². The molecule has 2 N–H and O–H groups in total. The molecule has 15 heavy (non-hydrogen) atoms. The Labute approximate surface area is 88.4 Å². The molecule has 1 heterocycles. The van der Waals surface area contributed by atoms with E-state index in [9.17, 15) is 4.79 Å². The lowest BCUT2D eigenvalue weighted by molar-refractivity contribution is 0.00554. The number of rotatable bonds is 3. The zero-order valence-electron chi connectivity index (χ0n) is 9.23. The summed E-state index contributed by atoms with van der Waals surface area (Å²) in [5, 5.41) is 3.94. The summed E-state index contributed by atoms with van der Waals surface area (Å²) in [6.07, 6.45) is 1.46. The van der Waals surface area contributed by atoms with Crippen LogP contribution in [0.5, 0.6) is 0 Å². The van der Waals surface area contributed by atoms with Crippen molar-refractivity contribution in [2.24, 2.45) is 5.73 Å². The number of esters is 1. The van der Waals surface area contributed by atoms with Crippen molar-refractivity contribution in [3.8, 4) is 0 Å². The number of ether oxygens (including phenoxy) is 1. The fraction of sp³-hybridized carbons (Fsp3) is 0.667. The summed E-state index contributed by atoms with van der Waals surface area (Å²) in [6.45, 7) is 6.37. The van der Waals surface area contributed by atoms with Crippen molar-refractivity contribution in [2.75, 3.05) is 6.54 Å². The van der Waals surface area contributed by atoms with Gasteiger partial charge in [0.15, 0.2) is 0 Å². The number of carbonyl (C=O) groups excluding carboxylic acids is 1. The predicted molar refractivity (Wildman–Crippen MR) is 54.2 cm³/mol. The molecule has 0 aliphatic carbocycles. The van der Waals surface area contributed by atoms with Gasteiger partial charge in [0, 0.05) is 6.54 Å². The van der Waals surface area contributed by atoms with E-state index in [1.165, 1.54) is 11.0 Å². The highest BCUT2D eigenvalue weighted by Crippen LogP contribution is 2.09. The second-order valence-corrected chi connectivity index (χ2v) is 4.12. The van der Waals surface area contributed by atoms with E-state index < -0.39 is 11.6 Å². The molecule has 1 aromatic heterocycles. The van der Waals surface area contributed by atoms with E-state index in [0.717, 1.165) is 0 Å². The van der Waals surface area contributed by atoms with Crippen LogP contribution < -0.4 is 5.73 Å². The number of carbonyl (C=O) groups is 1. The van der Waals surface area contributed by atoms with E-state index in [4.69, 9.17) is 10.5 Å². The fourth-order valence-corrected chi connectivity index (χ4v) is 0.952. The van der Waals surface area contributed by atoms with Crippen LogP contribution in [0.25, 0.3) is 0 Å². The summed E-state index contributed by atoms with van der Waals surface area (Å²) in [6, 6.07) is 0. The van der Waals surface area contributed by atoms with Crippen LogP contribution in [0.2, 0.25) is 0 Å². The van der Waals surface area contributed by atoms with Crippen molar-refractivity contribution in [2.45, 2.75) is 32.9 Å². The van der Waals surface area contributed by atoms with Gasteiger partial charge in [-0.1, -0.05) is 0 Å². The third-order valence-electron chi connectivity index (χ3n) is 1.48. The van der Waals surface area contributed by atoms with Crippen LogP contribution in [0.3, 0.4) is 0 Å². The number of aromatic nitrogens is 3. The summed E-state index contributed by atoms with van der Waals surface area (Å²) in [4.78, 5) is 15.3. The largest absolute Gasteiger partial charge is 0.454 e. The molecule has 1 rings (SSSR count). The second-order valence-electron chi connectivity index (χ2n) is 4.12. The van der Waals surface area contributed by atoms with Gasteiger partial charge < -0.3 is 10.5 Å². The van der Waals surface area contributed by atoms with E-state index in [1.807, 2.05) is 0 Å². The maximum Gasteiger partial charge on any atom is 0.378 e. The number of nitrogens with zero attached hydrogens (tertiary/aromatic N) is 3. The molecule has 6 nitrogen and oxygen atoms in total. The SMILES string of the molecule is CC(C)(C)OC(=O)c1ncn(CCN)n1. The molecule has 6 heteroatoms. The van der Waals surface area contributed by atoms with Crippen molar-refractivity contribution in [1.29, 1.82) is 0 Å². The molecule has 0 bridgehead atoms. The van der Waals surface area contributed by atoms with Gasteiger partial charge in [0.1, 0.15) is 11.9 Å². The number of nitrogens with two attached hydrogens (primary N) is 1. The molecule has 1 aromatic rings. The topological polar surface area (TPSA) is 83.0 Å². The van der Waals surface area contributed by atoms with E-state index in [1.54, 1.807) is 20.8 Å². The number of hydrogen-bond donors (Lipinski definition) is 1. The maximum absolute atomic E-state index is 11.5. The maximum atomic E-state index is 11.5. The molecular weight excluding hydrogens is 196 g/mol. The Bertz CT molecular complexity index is 340. The van der Waals surface area contributed by atoms with Crippen LogP contribution in [-0.2, 0) is 11.3 Å². The standard InChI is InChI=1S/C9H16N4O2/c1-9(2,3)15-8(14)7-11-6-13(12-7)5-4-10/h6H,4-5,10H2,1-3H3. The lowest BCUT2D eigenvalue weighted by atomic mass is 10.2. The first-order valence-corrected chi connectivity index (χ1v) is 4.75. The van der Waals surface area contributed by atoms with Gasteiger partial charge in [0.05, 0.1) is 6.54 Å². The Morgan fingerprint density at radius 3 is 2.80 bits per heavy atom. The van der Waals surface area contributed by atoms with Gasteiger partial charge in [0.25, 0.3) is 5.82 Å². The number of hydrogen-bond acceptors (Lipinski definition) is 5. The van der Waals surface area contributed by atoms with E-state index in [-0.39, 0.29) is 5.82 Å². The van der Waals surface area contributed by atoms with Crippen molar-refractivity contribution in [3.63, 3.8) is 0 Å². The Kier molecular flexibility index (Phi) is 3.41. The minimum absolute atomic E-state index is 0.0679. The van der Waals surface area contributed by atoms with E-state index in [2.05, 4.69) is 10.1 Å². The second kappa shape index (κ2) is 4.39. The smallest absolute Gasteiger partial charge is 0.378 e. The fourth-order valence-electron chi connectivity index (χ4n) is 0.952. The molecule has 0 saturated carbocycles. The third-order valence-corrected chi connectivity index (χ3v) is 1.48. The first-order valence-electron chi connectivity index (χ1n) is 4.75. The summed E-state index contributed by atoms with van der Waals surface area (Å²) in [7, 11) is 0. The van der Waals surface area contributed by atoms with Crippen LogP contribution in [0, 0.1) is 0 Å². The molecule has 0 saturated heterocycles. The molecule has 0 aliphatic heterocycles. The highest BCUT2D eigenvalue weighted by molar-refractivity contribution is 5.85. The normalized spacial score (nSPS) is 11.5. The molecule has 0 radical (unpaired) electrons. The van der Waals surface area contributed by atoms with Gasteiger partial charge in [-0.2, -0.15) is 0 Å². The molecule has 0 fully saturated rings. The Hall–Kier alpha value is -1.43. The molecule has 0 aliphatic rings. The monoisotopic (exact) mass is 212 g/mol. The lowest BCUT2D eigenvalue weighted by Gasteiger charge is -2.17. The van der Waals surface area contributed by atoms with Gasteiger partial charge in [0.2, 0.25) is 0 Å². The Balaban J connectivity index is 2.66. The molecule has 84 valence electrons. The highest BCUT2D eigenvalue weighted by Gasteiger charge is 2.20. The molecule has 0 amide bonds. The Morgan fingerprint density at radius 1 is 1.60 bits per heavy atom. The molecule has 0 atom stereocenters. The summed E-state index contributed by atoms with van der Waals surface area (Å²) < 4.78 is 6.62. The molecule has 0 unspecified atom stereocenters. The van der Waals surface area contributed by atoms with Crippen LogP contribution >= 0.6 is 0 Å². The summed E-state index contributed by atoms with van der Waals surface area (Å²) >= 11 is 0. The molecular formula is C9H16N4O2. The van der Waals surface area contributed by atoms with Crippen molar-refractivity contribution >= 4 is 5.97 Å². The van der Waals surface area contributed by atoms with Crippen molar-refractivity contribution in [1.82, 2.24) is 14.8 Å². The zero-order chi connectivity index (χ0) is 11.5. The molecule has 0 spiro atoms. The quantitative estimate of drug-likeness (QED) is 0.723. The lowest BCUT2D eigenvalue weighted by Crippen LogP contribution is -2.24. The van der Waals surface area contributed by atoms with Crippen LogP contribution in [0.15, 0.2) is 6.33 Å².